The highest BCUT2D eigenvalue weighted by atomic mass is 15.1. The Morgan fingerprint density at radius 2 is 1.40 bits per heavy atom. The van der Waals surface area contributed by atoms with Gasteiger partial charge in [0.15, 0.2) is 0 Å². The smallest absolute Gasteiger partial charge is 0.0462 e. The second kappa shape index (κ2) is 20.6. The van der Waals surface area contributed by atoms with Gasteiger partial charge in [0.05, 0.1) is 0 Å². The lowest BCUT2D eigenvalue weighted by Crippen LogP contribution is -2.16. The highest BCUT2D eigenvalue weighted by Gasteiger charge is 2.18. The van der Waals surface area contributed by atoms with Crippen molar-refractivity contribution in [1.29, 1.82) is 0 Å². The molecule has 0 saturated carbocycles. The summed E-state index contributed by atoms with van der Waals surface area (Å²) in [5.41, 5.74) is 7.57. The second-order valence-electron chi connectivity index (χ2n) is 9.98. The summed E-state index contributed by atoms with van der Waals surface area (Å²) in [4.78, 5) is 2.34. The Morgan fingerprint density at radius 1 is 0.875 bits per heavy atom. The number of allylic oxidation sites excluding steroid dienone is 8. The lowest BCUT2D eigenvalue weighted by molar-refractivity contribution is 0.302. The van der Waals surface area contributed by atoms with Crippen molar-refractivity contribution in [3.8, 4) is 0 Å². The number of rotatable bonds is 13. The molecule has 218 valence electrons. The minimum Gasteiger partial charge on any atom is -0.311 e. The van der Waals surface area contributed by atoms with Crippen molar-refractivity contribution < 1.29 is 0 Å². The molecule has 0 saturated heterocycles. The van der Waals surface area contributed by atoms with Gasteiger partial charge in [-0.3, -0.25) is 0 Å². The van der Waals surface area contributed by atoms with Gasteiger partial charge in [-0.2, -0.15) is 0 Å². The summed E-state index contributed by atoms with van der Waals surface area (Å²) in [6.45, 7) is 29.7. The van der Waals surface area contributed by atoms with E-state index in [0.29, 0.717) is 11.3 Å². The predicted molar refractivity (Wildman–Crippen MR) is 186 cm³/mol. The van der Waals surface area contributed by atoms with Crippen LogP contribution in [0.4, 0.5) is 11.4 Å². The summed E-state index contributed by atoms with van der Waals surface area (Å²) < 4.78 is 0. The van der Waals surface area contributed by atoms with Crippen molar-refractivity contribution in [1.82, 2.24) is 0 Å². The third kappa shape index (κ3) is 11.0. The first kappa shape index (κ1) is 36.7. The Bertz CT molecular complexity index is 1070. The van der Waals surface area contributed by atoms with Crippen LogP contribution in [0.15, 0.2) is 116 Å². The molecule has 0 amide bonds. The van der Waals surface area contributed by atoms with E-state index in [-0.39, 0.29) is 0 Å². The molecule has 0 aliphatic rings. The van der Waals surface area contributed by atoms with E-state index in [1.54, 1.807) is 0 Å². The van der Waals surface area contributed by atoms with Gasteiger partial charge in [0.1, 0.15) is 0 Å². The van der Waals surface area contributed by atoms with E-state index in [4.69, 9.17) is 0 Å². The molecule has 0 N–H and O–H groups in total. The summed E-state index contributed by atoms with van der Waals surface area (Å²) >= 11 is 0. The average molecular weight is 540 g/mol. The Morgan fingerprint density at radius 3 is 1.82 bits per heavy atom. The maximum atomic E-state index is 4.02. The first-order valence-electron chi connectivity index (χ1n) is 15.1. The average Bonchev–Trinajstić information content (AvgIpc) is 3.02. The van der Waals surface area contributed by atoms with E-state index in [9.17, 15) is 0 Å². The van der Waals surface area contributed by atoms with Crippen molar-refractivity contribution in [2.45, 2.75) is 93.9 Å². The van der Waals surface area contributed by atoms with Crippen molar-refractivity contribution in [2.75, 3.05) is 4.90 Å². The first-order valence-corrected chi connectivity index (χ1v) is 15.1. The molecule has 2 aromatic rings. The maximum Gasteiger partial charge on any atom is 0.0462 e. The fourth-order valence-electron chi connectivity index (χ4n) is 4.30. The van der Waals surface area contributed by atoms with Crippen LogP contribution in [0, 0.1) is 5.41 Å². The van der Waals surface area contributed by atoms with Crippen molar-refractivity contribution in [2.24, 2.45) is 5.41 Å². The summed E-state index contributed by atoms with van der Waals surface area (Å²) in [5.74, 6) is 0.557. The molecule has 1 atom stereocenters. The van der Waals surface area contributed by atoms with Crippen LogP contribution in [0.2, 0.25) is 0 Å². The molecule has 0 bridgehead atoms. The van der Waals surface area contributed by atoms with Gasteiger partial charge < -0.3 is 4.90 Å². The van der Waals surface area contributed by atoms with Crippen LogP contribution in [-0.2, 0) is 0 Å². The van der Waals surface area contributed by atoms with Crippen molar-refractivity contribution in [3.63, 3.8) is 0 Å². The lowest BCUT2D eigenvalue weighted by atomic mass is 9.81. The molecule has 0 heterocycles. The van der Waals surface area contributed by atoms with E-state index in [1.807, 2.05) is 19.9 Å². The molecular weight excluding hydrogens is 482 g/mol. The first-order chi connectivity index (χ1) is 19.4. The fourth-order valence-corrected chi connectivity index (χ4v) is 4.30. The summed E-state index contributed by atoms with van der Waals surface area (Å²) in [5, 5.41) is 0. The monoisotopic (exact) mass is 539 g/mol. The third-order valence-electron chi connectivity index (χ3n) is 7.60. The van der Waals surface area contributed by atoms with Gasteiger partial charge in [0.25, 0.3) is 0 Å². The Hall–Kier alpha value is -3.32. The van der Waals surface area contributed by atoms with Crippen molar-refractivity contribution in [3.05, 3.63) is 128 Å². The Kier molecular flexibility index (Phi) is 18.9. The molecule has 2 rings (SSSR count). The number of nitrogens with zero attached hydrogens (tertiary/aromatic N) is 1. The Balaban J connectivity index is 0.00000363. The fraction of sp³-hybridized carbons (Fsp3) is 0.385. The molecule has 0 fully saturated rings. The van der Waals surface area contributed by atoms with Crippen LogP contribution >= 0.6 is 0 Å². The zero-order valence-electron chi connectivity index (χ0n) is 27.1. The number of hydrogen-bond donors (Lipinski definition) is 0. The normalized spacial score (nSPS) is 12.8. The maximum absolute atomic E-state index is 4.02. The highest BCUT2D eigenvalue weighted by Crippen LogP contribution is 2.34. The van der Waals surface area contributed by atoms with Crippen LogP contribution in [0.3, 0.4) is 0 Å². The molecule has 0 aliphatic heterocycles. The largest absolute Gasteiger partial charge is 0.311 e. The SMILES string of the molecule is C=C.C=C/C=C(\C=C/CC(C)(CC)CC)N(c1ccc(C(/C=C\C)=C/C)cc1)c1ccc(C(C)CC)cc1.CC. The molecule has 0 radical (unpaired) electrons. The third-order valence-corrected chi connectivity index (χ3v) is 7.60. The molecule has 0 spiro atoms. The molecule has 1 heteroatoms. The van der Waals surface area contributed by atoms with Crippen LogP contribution in [0.25, 0.3) is 5.57 Å². The Labute approximate surface area is 248 Å². The zero-order chi connectivity index (χ0) is 30.6. The van der Waals surface area contributed by atoms with Crippen LogP contribution in [0.1, 0.15) is 105 Å². The zero-order valence-corrected chi connectivity index (χ0v) is 27.1. The van der Waals surface area contributed by atoms with Crippen LogP contribution < -0.4 is 4.90 Å². The van der Waals surface area contributed by atoms with E-state index in [1.165, 1.54) is 29.5 Å². The van der Waals surface area contributed by atoms with Gasteiger partial charge in [-0.05, 0) is 91.1 Å². The number of anilines is 2. The topological polar surface area (TPSA) is 3.24 Å². The molecule has 0 aromatic heterocycles. The standard InChI is InChI=1S/C35H47N.C2H6.C2H4/c1-9-16-29(12-4)31-21-25-34(26-22-31)36(33-23-19-30(20-24-33)28(7)11-3)32(17-10-2)18-15-27-35(8,13-5)14-6;2*1-2/h9-10,12,15-26,28H,2,11,13-14,27H2,1,3-8H3;1-2H3;1-2H2/b16-9-,18-15-,29-12+,32-17+;;. The van der Waals surface area contributed by atoms with E-state index < -0.39 is 0 Å². The summed E-state index contributed by atoms with van der Waals surface area (Å²) in [6, 6.07) is 17.9. The van der Waals surface area contributed by atoms with Gasteiger partial charge in [-0.25, -0.2) is 0 Å². The minimum absolute atomic E-state index is 0.329. The molecule has 1 nitrogen and oxygen atoms in total. The number of hydrogen-bond acceptors (Lipinski definition) is 1. The van der Waals surface area contributed by atoms with Crippen LogP contribution in [0.5, 0.6) is 0 Å². The van der Waals surface area contributed by atoms with Gasteiger partial charge in [-0.1, -0.05) is 123 Å². The predicted octanol–water partition coefficient (Wildman–Crippen LogP) is 13.0. The quantitative estimate of drug-likeness (QED) is 0.181. The molecule has 0 aliphatic carbocycles. The van der Waals surface area contributed by atoms with Gasteiger partial charge in [-0.15, -0.1) is 13.2 Å². The lowest BCUT2D eigenvalue weighted by Gasteiger charge is -2.28. The molecule has 1 unspecified atom stereocenters. The number of benzene rings is 2. The van der Waals surface area contributed by atoms with Crippen LogP contribution in [-0.4, -0.2) is 0 Å². The highest BCUT2D eigenvalue weighted by molar-refractivity contribution is 5.77. The molecule has 2 aromatic carbocycles. The van der Waals surface area contributed by atoms with E-state index in [0.717, 1.165) is 29.9 Å². The molecular formula is C39H57N. The van der Waals surface area contributed by atoms with Gasteiger partial charge in [0, 0.05) is 17.1 Å². The summed E-state index contributed by atoms with van der Waals surface area (Å²) in [6.07, 6.45) is 19.5. The minimum atomic E-state index is 0.329. The summed E-state index contributed by atoms with van der Waals surface area (Å²) in [7, 11) is 0. The van der Waals surface area contributed by atoms with Crippen molar-refractivity contribution >= 4 is 16.9 Å². The second-order valence-corrected chi connectivity index (χ2v) is 9.98. The van der Waals surface area contributed by atoms with Gasteiger partial charge >= 0.3 is 0 Å². The van der Waals surface area contributed by atoms with Gasteiger partial charge in [0.2, 0.25) is 0 Å². The van der Waals surface area contributed by atoms with E-state index >= 15 is 0 Å². The molecule has 40 heavy (non-hydrogen) atoms. The van der Waals surface area contributed by atoms with E-state index in [2.05, 4.69) is 158 Å².